The molecule has 3 atom stereocenters. The molecule has 0 bridgehead atoms. The molecule has 0 radical (unpaired) electrons. The van der Waals surface area contributed by atoms with E-state index in [2.05, 4.69) is 20.6 Å². The van der Waals surface area contributed by atoms with Crippen LogP contribution in [0, 0.1) is 0 Å². The number of Topliss-reactive ketones (excluding diaryl/α,β-unsaturated/α-hetero) is 1. The van der Waals surface area contributed by atoms with Gasteiger partial charge in [0.05, 0.1) is 28.9 Å². The minimum Gasteiger partial charge on any atom is -0.431 e. The molecule has 0 aliphatic carbocycles. The first-order valence-corrected chi connectivity index (χ1v) is 13.2. The average Bonchev–Trinajstić information content (AvgIpc) is 3.57. The van der Waals surface area contributed by atoms with Crippen LogP contribution in [0.4, 0.5) is 13.2 Å². The number of thiazole rings is 1. The highest BCUT2D eigenvalue weighted by Gasteiger charge is 2.34. The number of halogens is 5. The van der Waals surface area contributed by atoms with Gasteiger partial charge in [0.1, 0.15) is 6.04 Å². The standard InChI is InChI=1S/C24H23Cl2F3N4O5S/c1-12(34)2-5-17(20(36)32-16(6-7-24(27,28)29)19(35)23-30-8-9-39-23)33-21(37)18-11-31-22(38-18)14-10-13(25)3-4-15(14)26/h3-4,8-12,16-17,34H,2,5-7H2,1H3,(H,32,36)(H,33,37)/t12?,16-,17-/m0/s1. The molecule has 0 fully saturated rings. The van der Waals surface area contributed by atoms with E-state index in [1.54, 1.807) is 6.07 Å². The molecule has 0 spiro atoms. The van der Waals surface area contributed by atoms with Crippen LogP contribution >= 0.6 is 34.5 Å². The van der Waals surface area contributed by atoms with E-state index < -0.39 is 54.8 Å². The van der Waals surface area contributed by atoms with Crippen LogP contribution in [0.1, 0.15) is 53.0 Å². The van der Waals surface area contributed by atoms with Gasteiger partial charge in [-0.25, -0.2) is 9.97 Å². The maximum Gasteiger partial charge on any atom is 0.389 e. The third kappa shape index (κ3) is 9.02. The van der Waals surface area contributed by atoms with E-state index in [4.69, 9.17) is 27.6 Å². The number of rotatable bonds is 12. The Morgan fingerprint density at radius 2 is 1.85 bits per heavy atom. The predicted octanol–water partition coefficient (Wildman–Crippen LogP) is 5.07. The molecule has 1 aromatic carbocycles. The van der Waals surface area contributed by atoms with Gasteiger partial charge in [0.15, 0.2) is 5.01 Å². The molecule has 39 heavy (non-hydrogen) atoms. The lowest BCUT2D eigenvalue weighted by atomic mass is 10.0. The fourth-order valence-corrected chi connectivity index (χ4v) is 4.42. The lowest BCUT2D eigenvalue weighted by Crippen LogP contribution is -2.52. The summed E-state index contributed by atoms with van der Waals surface area (Å²) in [6.07, 6.45) is -5.08. The SMILES string of the molecule is CC(O)CC[C@H](NC(=O)c1cnc(-c2cc(Cl)ccc2Cl)o1)C(=O)N[C@@H](CCC(F)(F)F)C(=O)c1nccs1. The van der Waals surface area contributed by atoms with Crippen LogP contribution in [0.2, 0.25) is 10.0 Å². The Bertz CT molecular complexity index is 1300. The second-order valence-electron chi connectivity index (χ2n) is 8.52. The molecule has 3 rings (SSSR count). The summed E-state index contributed by atoms with van der Waals surface area (Å²) in [6.45, 7) is 1.46. The van der Waals surface area contributed by atoms with E-state index in [0.717, 1.165) is 17.5 Å². The van der Waals surface area contributed by atoms with E-state index in [-0.39, 0.29) is 34.5 Å². The molecule has 2 aromatic heterocycles. The number of aliphatic hydroxyl groups is 1. The number of carbonyl (C=O) groups excluding carboxylic acids is 3. The number of hydrogen-bond donors (Lipinski definition) is 3. The quantitative estimate of drug-likeness (QED) is 0.245. The predicted molar refractivity (Wildman–Crippen MR) is 138 cm³/mol. The average molecular weight is 607 g/mol. The topological polar surface area (TPSA) is 134 Å². The van der Waals surface area contributed by atoms with Gasteiger partial charge in [-0.15, -0.1) is 11.3 Å². The zero-order chi connectivity index (χ0) is 28.7. The number of aliphatic hydroxyl groups excluding tert-OH is 1. The number of benzene rings is 1. The van der Waals surface area contributed by atoms with Crippen LogP contribution in [0.15, 0.2) is 40.4 Å². The molecule has 2 heterocycles. The highest BCUT2D eigenvalue weighted by atomic mass is 35.5. The molecule has 15 heteroatoms. The zero-order valence-electron chi connectivity index (χ0n) is 20.3. The number of oxazole rings is 1. The molecule has 0 saturated carbocycles. The molecular weight excluding hydrogens is 584 g/mol. The Balaban J connectivity index is 1.78. The minimum absolute atomic E-state index is 0.0149. The van der Waals surface area contributed by atoms with Crippen molar-refractivity contribution in [1.82, 2.24) is 20.6 Å². The van der Waals surface area contributed by atoms with Crippen molar-refractivity contribution < 1.29 is 37.1 Å². The number of nitrogens with one attached hydrogen (secondary N) is 2. The number of alkyl halides is 3. The molecule has 210 valence electrons. The fourth-order valence-electron chi connectivity index (χ4n) is 3.41. The Kier molecular flexibility index (Phi) is 10.5. The van der Waals surface area contributed by atoms with Gasteiger partial charge in [-0.2, -0.15) is 13.2 Å². The van der Waals surface area contributed by atoms with Crippen LogP contribution in [0.5, 0.6) is 0 Å². The number of aromatic nitrogens is 2. The molecule has 9 nitrogen and oxygen atoms in total. The summed E-state index contributed by atoms with van der Waals surface area (Å²) < 4.78 is 44.2. The van der Waals surface area contributed by atoms with Crippen LogP contribution in [0.25, 0.3) is 11.5 Å². The van der Waals surface area contributed by atoms with Crippen LogP contribution in [0.3, 0.4) is 0 Å². The van der Waals surface area contributed by atoms with E-state index in [9.17, 15) is 32.7 Å². The van der Waals surface area contributed by atoms with Crippen molar-refractivity contribution in [2.75, 3.05) is 0 Å². The summed E-state index contributed by atoms with van der Waals surface area (Å²) in [5, 5.41) is 16.5. The fraction of sp³-hybridized carbons (Fsp3) is 0.375. The van der Waals surface area contributed by atoms with Gasteiger partial charge in [-0.05, 0) is 44.4 Å². The van der Waals surface area contributed by atoms with Gasteiger partial charge in [-0.3, -0.25) is 14.4 Å². The Hall–Kier alpha value is -3.00. The Morgan fingerprint density at radius 1 is 1.10 bits per heavy atom. The molecule has 3 aromatic rings. The largest absolute Gasteiger partial charge is 0.431 e. The molecule has 0 aliphatic rings. The summed E-state index contributed by atoms with van der Waals surface area (Å²) in [7, 11) is 0. The monoisotopic (exact) mass is 606 g/mol. The minimum atomic E-state index is -4.57. The third-order valence-electron chi connectivity index (χ3n) is 5.38. The highest BCUT2D eigenvalue weighted by molar-refractivity contribution is 7.11. The van der Waals surface area contributed by atoms with E-state index >= 15 is 0 Å². The second-order valence-corrected chi connectivity index (χ2v) is 10.3. The molecule has 1 unspecified atom stereocenters. The number of ketones is 1. The van der Waals surface area contributed by atoms with Gasteiger partial charge in [0.25, 0.3) is 5.91 Å². The summed E-state index contributed by atoms with van der Waals surface area (Å²) in [4.78, 5) is 46.6. The van der Waals surface area contributed by atoms with E-state index in [1.807, 2.05) is 0 Å². The van der Waals surface area contributed by atoms with Gasteiger partial charge in [0.2, 0.25) is 23.3 Å². The normalized spacial score (nSPS) is 13.9. The molecular formula is C24H23Cl2F3N4O5S. The number of nitrogens with zero attached hydrogens (tertiary/aromatic N) is 2. The zero-order valence-corrected chi connectivity index (χ0v) is 22.6. The summed E-state index contributed by atoms with van der Waals surface area (Å²) in [5.41, 5.74) is 0.319. The van der Waals surface area contributed by atoms with E-state index in [1.165, 1.54) is 30.6 Å². The number of amides is 2. The second kappa shape index (κ2) is 13.4. The first-order chi connectivity index (χ1) is 18.3. The molecule has 2 amide bonds. The smallest absolute Gasteiger partial charge is 0.389 e. The van der Waals surface area contributed by atoms with Gasteiger partial charge >= 0.3 is 6.18 Å². The number of hydrogen-bond acceptors (Lipinski definition) is 8. The van der Waals surface area contributed by atoms with Crippen molar-refractivity contribution >= 4 is 52.1 Å². The van der Waals surface area contributed by atoms with Crippen molar-refractivity contribution in [2.45, 2.75) is 57.0 Å². The van der Waals surface area contributed by atoms with Gasteiger partial charge in [-0.1, -0.05) is 23.2 Å². The molecule has 0 aliphatic heterocycles. The Labute approximate surface area is 234 Å². The first-order valence-electron chi connectivity index (χ1n) is 11.5. The van der Waals surface area contributed by atoms with Crippen LogP contribution in [-0.2, 0) is 4.79 Å². The number of carbonyl (C=O) groups is 3. The van der Waals surface area contributed by atoms with Crippen molar-refractivity contribution in [1.29, 1.82) is 0 Å². The van der Waals surface area contributed by atoms with Gasteiger partial charge < -0.3 is 20.2 Å². The summed E-state index contributed by atoms with van der Waals surface area (Å²) in [5.74, 6) is -2.88. The van der Waals surface area contributed by atoms with Crippen LogP contribution < -0.4 is 10.6 Å². The maximum atomic E-state index is 13.1. The van der Waals surface area contributed by atoms with Crippen LogP contribution in [-0.4, -0.2) is 57.0 Å². The van der Waals surface area contributed by atoms with Crippen molar-refractivity contribution in [3.8, 4) is 11.5 Å². The van der Waals surface area contributed by atoms with E-state index in [0.29, 0.717) is 10.6 Å². The summed E-state index contributed by atoms with van der Waals surface area (Å²) >= 11 is 13.0. The summed E-state index contributed by atoms with van der Waals surface area (Å²) in [6, 6.07) is 1.68. The maximum absolute atomic E-state index is 13.1. The van der Waals surface area contributed by atoms with Gasteiger partial charge in [0, 0.05) is 23.0 Å². The Morgan fingerprint density at radius 3 is 2.49 bits per heavy atom. The first kappa shape index (κ1) is 30.5. The van der Waals surface area contributed by atoms with Crippen molar-refractivity contribution in [3.63, 3.8) is 0 Å². The molecule has 0 saturated heterocycles. The highest BCUT2D eigenvalue weighted by Crippen LogP contribution is 2.30. The third-order valence-corrected chi connectivity index (χ3v) is 6.73. The molecule has 3 N–H and O–H groups in total. The van der Waals surface area contributed by atoms with Crippen molar-refractivity contribution in [2.24, 2.45) is 0 Å². The lowest BCUT2D eigenvalue weighted by molar-refractivity contribution is -0.137. The van der Waals surface area contributed by atoms with Crippen molar-refractivity contribution in [3.05, 3.63) is 56.8 Å². The lowest BCUT2D eigenvalue weighted by Gasteiger charge is -2.23.